The highest BCUT2D eigenvalue weighted by Crippen LogP contribution is 2.48. The molecule has 12 atom stereocenters. The molecule has 1 aliphatic carbocycles. The highest BCUT2D eigenvalue weighted by Gasteiger charge is 2.62. The lowest BCUT2D eigenvalue weighted by atomic mass is 9.71. The van der Waals surface area contributed by atoms with Crippen LogP contribution in [0.15, 0.2) is 58.7 Å². The molecule has 5 aliphatic rings. The predicted molar refractivity (Wildman–Crippen MR) is 178 cm³/mol. The topological polar surface area (TPSA) is 141 Å². The summed E-state index contributed by atoms with van der Waals surface area (Å²) < 4.78 is 31.5. The molecule has 0 amide bonds. The van der Waals surface area contributed by atoms with E-state index in [1.807, 2.05) is 39.0 Å². The number of allylic oxidation sites excluding steroid dienone is 5. The molecule has 0 aromatic rings. The van der Waals surface area contributed by atoms with E-state index in [2.05, 4.69) is 19.9 Å². The van der Waals surface area contributed by atoms with Crippen molar-refractivity contribution in [1.82, 2.24) is 0 Å². The van der Waals surface area contributed by atoms with Crippen molar-refractivity contribution in [1.29, 1.82) is 0 Å². The van der Waals surface area contributed by atoms with E-state index < -0.39 is 83.8 Å². The van der Waals surface area contributed by atoms with Crippen LogP contribution in [0.1, 0.15) is 81.1 Å². The zero-order chi connectivity index (χ0) is 35.1. The van der Waals surface area contributed by atoms with Crippen LogP contribution < -0.4 is 0 Å². The standard InChI is InChI=1S/C38H54O10/c1-9-23(6)31-25(8)32(46-35(41)20(2)3)33(40)37(48-31)18-28-17-27(47-37)14-13-22(5)15-21(4)11-10-12-26-19-44-34-30(39)24(7)16-29(36(42)45-28)38(26,34)43/h9-13,16,20-21,25,27-34,39-40,43H,14-15,17-19H2,1-8H3/b11-10+,22-13+,23-9+,26-12+/t21-,25+,27+,28-,29-,30+,31+,32-,33+,34?,37-,38+/m0/s1. The second-order valence-corrected chi connectivity index (χ2v) is 14.9. The highest BCUT2D eigenvalue weighted by molar-refractivity contribution is 5.78. The number of carbonyl (C=O) groups excluding carboxylic acids is 2. The molecule has 4 heterocycles. The summed E-state index contributed by atoms with van der Waals surface area (Å²) >= 11 is 0. The summed E-state index contributed by atoms with van der Waals surface area (Å²) in [5.41, 5.74) is 1.21. The van der Waals surface area contributed by atoms with Crippen LogP contribution in [0.25, 0.3) is 0 Å². The van der Waals surface area contributed by atoms with Crippen LogP contribution in [-0.2, 0) is 33.3 Å². The maximum atomic E-state index is 14.2. The molecule has 1 spiro atoms. The van der Waals surface area contributed by atoms with Gasteiger partial charge >= 0.3 is 11.9 Å². The van der Waals surface area contributed by atoms with Crippen molar-refractivity contribution in [3.8, 4) is 0 Å². The molecule has 3 fully saturated rings. The van der Waals surface area contributed by atoms with Gasteiger partial charge in [0.2, 0.25) is 5.79 Å². The Balaban J connectivity index is 1.57. The molecule has 0 aromatic heterocycles. The Morgan fingerprint density at radius 3 is 2.56 bits per heavy atom. The third-order valence-corrected chi connectivity index (χ3v) is 10.8. The number of aliphatic hydroxyl groups excluding tert-OH is 2. The average molecular weight is 671 g/mol. The molecule has 0 saturated carbocycles. The molecule has 3 saturated heterocycles. The molecule has 10 heteroatoms. The van der Waals surface area contributed by atoms with Crippen molar-refractivity contribution in [3.63, 3.8) is 0 Å². The molecular weight excluding hydrogens is 616 g/mol. The Kier molecular flexibility index (Phi) is 10.9. The first-order chi connectivity index (χ1) is 22.6. The average Bonchev–Trinajstić information content (AvgIpc) is 3.37. The smallest absolute Gasteiger partial charge is 0.316 e. The van der Waals surface area contributed by atoms with Gasteiger partial charge in [-0.1, -0.05) is 69.7 Å². The van der Waals surface area contributed by atoms with Gasteiger partial charge in [0.15, 0.2) is 0 Å². The Morgan fingerprint density at radius 2 is 1.88 bits per heavy atom. The molecule has 1 unspecified atom stereocenters. The summed E-state index contributed by atoms with van der Waals surface area (Å²) in [5, 5.41) is 35.2. The van der Waals surface area contributed by atoms with E-state index in [0.717, 1.165) is 17.6 Å². The molecule has 2 bridgehead atoms. The first kappa shape index (κ1) is 36.7. The molecule has 0 aromatic carbocycles. The molecular formula is C38H54O10. The molecule has 3 N–H and O–H groups in total. The molecule has 10 nitrogen and oxygen atoms in total. The third-order valence-electron chi connectivity index (χ3n) is 10.8. The SMILES string of the molecule is C/C=C(\C)[C@H]1O[C@@]2(C[C@@H]3C[C@@H](C/C=C(\C)C[C@@H](C)/C=C/C=C4\COC5[C@H](O)C(C)=C[C@@H](C(=O)O3)[C@]45O)O2)[C@H](O)[C@@H](OC(=O)C(C)C)[C@@H]1C. The monoisotopic (exact) mass is 670 g/mol. The number of esters is 2. The number of fused-ring (bicyclic) bond motifs is 2. The Bertz CT molecular complexity index is 1390. The zero-order valence-electron chi connectivity index (χ0n) is 29.5. The van der Waals surface area contributed by atoms with Gasteiger partial charge in [-0.15, -0.1) is 0 Å². The Labute approximate surface area is 284 Å². The van der Waals surface area contributed by atoms with Crippen LogP contribution in [0.2, 0.25) is 0 Å². The van der Waals surface area contributed by atoms with Crippen LogP contribution in [0.3, 0.4) is 0 Å². The molecule has 48 heavy (non-hydrogen) atoms. The predicted octanol–water partition coefficient (Wildman–Crippen LogP) is 4.63. The lowest BCUT2D eigenvalue weighted by Gasteiger charge is -2.54. The second kappa shape index (κ2) is 14.3. The molecule has 266 valence electrons. The second-order valence-electron chi connectivity index (χ2n) is 14.9. The summed E-state index contributed by atoms with van der Waals surface area (Å²) in [6, 6.07) is 0. The van der Waals surface area contributed by atoms with Gasteiger partial charge in [-0.25, -0.2) is 0 Å². The largest absolute Gasteiger partial charge is 0.462 e. The first-order valence-electron chi connectivity index (χ1n) is 17.4. The summed E-state index contributed by atoms with van der Waals surface area (Å²) in [4.78, 5) is 27.1. The fourth-order valence-electron chi connectivity index (χ4n) is 7.85. The van der Waals surface area contributed by atoms with Crippen molar-refractivity contribution in [2.75, 3.05) is 6.61 Å². The van der Waals surface area contributed by atoms with Gasteiger partial charge in [-0.2, -0.15) is 0 Å². The van der Waals surface area contributed by atoms with Crippen LogP contribution in [0, 0.1) is 23.7 Å². The van der Waals surface area contributed by atoms with E-state index in [1.165, 1.54) is 0 Å². The quantitative estimate of drug-likeness (QED) is 0.288. The van der Waals surface area contributed by atoms with Gasteiger partial charge in [-0.05, 0) is 63.2 Å². The van der Waals surface area contributed by atoms with Crippen molar-refractivity contribution in [3.05, 3.63) is 58.7 Å². The maximum Gasteiger partial charge on any atom is 0.316 e. The summed E-state index contributed by atoms with van der Waals surface area (Å²) in [7, 11) is 0. The summed E-state index contributed by atoms with van der Waals surface area (Å²) in [6.45, 7) is 15.1. The Hall–Kier alpha value is -2.60. The first-order valence-corrected chi connectivity index (χ1v) is 17.4. The summed E-state index contributed by atoms with van der Waals surface area (Å²) in [5.74, 6) is -4.54. The van der Waals surface area contributed by atoms with E-state index in [0.29, 0.717) is 24.0 Å². The highest BCUT2D eigenvalue weighted by atomic mass is 16.7. The number of rotatable bonds is 3. The third kappa shape index (κ3) is 6.89. The lowest BCUT2D eigenvalue weighted by Crippen LogP contribution is -2.67. The van der Waals surface area contributed by atoms with Crippen LogP contribution in [0.5, 0.6) is 0 Å². The van der Waals surface area contributed by atoms with Gasteiger partial charge < -0.3 is 39.0 Å². The maximum absolute atomic E-state index is 14.2. The lowest BCUT2D eigenvalue weighted by molar-refractivity contribution is -0.380. The van der Waals surface area contributed by atoms with Crippen LogP contribution >= 0.6 is 0 Å². The van der Waals surface area contributed by atoms with Gasteiger partial charge in [0.25, 0.3) is 0 Å². The van der Waals surface area contributed by atoms with E-state index in [-0.39, 0.29) is 18.9 Å². The minimum atomic E-state index is -1.82. The van der Waals surface area contributed by atoms with Crippen molar-refractivity contribution in [2.45, 2.75) is 135 Å². The van der Waals surface area contributed by atoms with E-state index >= 15 is 0 Å². The fraction of sp³-hybridized carbons (Fsp3) is 0.684. The number of ether oxygens (including phenoxy) is 5. The van der Waals surface area contributed by atoms with E-state index in [9.17, 15) is 24.9 Å². The van der Waals surface area contributed by atoms with Gasteiger partial charge in [-0.3, -0.25) is 9.59 Å². The van der Waals surface area contributed by atoms with E-state index in [4.69, 9.17) is 23.7 Å². The van der Waals surface area contributed by atoms with Crippen LogP contribution in [0.4, 0.5) is 0 Å². The minimum absolute atomic E-state index is 0.0199. The van der Waals surface area contributed by atoms with E-state index in [1.54, 1.807) is 32.9 Å². The van der Waals surface area contributed by atoms with Gasteiger partial charge in [0.1, 0.15) is 42.0 Å². The number of aliphatic hydroxyl groups is 3. The molecule has 5 rings (SSSR count). The Morgan fingerprint density at radius 1 is 1.15 bits per heavy atom. The molecule has 4 aliphatic heterocycles. The summed E-state index contributed by atoms with van der Waals surface area (Å²) in [6.07, 6.45) is 6.59. The number of hydrogen-bond donors (Lipinski definition) is 3. The van der Waals surface area contributed by atoms with Gasteiger partial charge in [0.05, 0.1) is 24.7 Å². The minimum Gasteiger partial charge on any atom is -0.462 e. The van der Waals surface area contributed by atoms with Gasteiger partial charge in [0, 0.05) is 18.8 Å². The van der Waals surface area contributed by atoms with Crippen LogP contribution in [-0.4, -0.2) is 88.0 Å². The molecule has 0 radical (unpaired) electrons. The fourth-order valence-corrected chi connectivity index (χ4v) is 7.85. The zero-order valence-corrected chi connectivity index (χ0v) is 29.5. The number of carbonyl (C=O) groups is 2. The normalized spacial score (nSPS) is 45.3. The van der Waals surface area contributed by atoms with Crippen molar-refractivity contribution < 1.29 is 48.6 Å². The van der Waals surface area contributed by atoms with Crippen molar-refractivity contribution >= 4 is 11.9 Å². The number of hydrogen-bond acceptors (Lipinski definition) is 10. The van der Waals surface area contributed by atoms with Crippen molar-refractivity contribution in [2.24, 2.45) is 23.7 Å².